The van der Waals surface area contributed by atoms with Crippen molar-refractivity contribution in [1.82, 2.24) is 5.32 Å². The van der Waals surface area contributed by atoms with Crippen LogP contribution in [-0.4, -0.2) is 20.3 Å². The molecule has 1 aliphatic heterocycles. The lowest BCUT2D eigenvalue weighted by Crippen LogP contribution is -2.50. The number of hydrogen-bond donors (Lipinski definition) is 1. The fourth-order valence-electron chi connectivity index (χ4n) is 2.14. The monoisotopic (exact) mass is 216 g/mol. The van der Waals surface area contributed by atoms with Gasteiger partial charge in [0.1, 0.15) is 5.41 Å². The number of benzene rings is 1. The molecular formula is C13H16N2O. The molecule has 0 aliphatic carbocycles. The van der Waals surface area contributed by atoms with Crippen LogP contribution in [0.25, 0.3) is 0 Å². The van der Waals surface area contributed by atoms with E-state index in [1.807, 2.05) is 7.05 Å². The quantitative estimate of drug-likeness (QED) is 0.838. The highest BCUT2D eigenvalue weighted by molar-refractivity contribution is 5.29. The van der Waals surface area contributed by atoms with Crippen LogP contribution in [-0.2, 0) is 4.74 Å². The van der Waals surface area contributed by atoms with Crippen LogP contribution in [0, 0.1) is 23.7 Å². The van der Waals surface area contributed by atoms with Gasteiger partial charge in [-0.3, -0.25) is 0 Å². The van der Waals surface area contributed by atoms with E-state index in [0.717, 1.165) is 5.56 Å². The molecule has 1 fully saturated rings. The molecule has 2 rings (SSSR count). The number of aryl methyl sites for hydroxylation is 1. The van der Waals surface area contributed by atoms with Gasteiger partial charge in [-0.15, -0.1) is 0 Å². The minimum atomic E-state index is -0.399. The van der Waals surface area contributed by atoms with Crippen LogP contribution >= 0.6 is 0 Å². The molecule has 16 heavy (non-hydrogen) atoms. The van der Waals surface area contributed by atoms with E-state index in [-0.39, 0.29) is 6.04 Å². The molecule has 1 N–H and O–H groups in total. The lowest BCUT2D eigenvalue weighted by Gasteiger charge is -2.41. The van der Waals surface area contributed by atoms with Crippen molar-refractivity contribution in [2.24, 2.45) is 5.41 Å². The van der Waals surface area contributed by atoms with Crippen molar-refractivity contribution in [3.8, 4) is 6.07 Å². The molecule has 1 aromatic rings. The zero-order chi connectivity index (χ0) is 11.6. The van der Waals surface area contributed by atoms with Crippen molar-refractivity contribution < 1.29 is 4.74 Å². The molecule has 1 saturated heterocycles. The summed E-state index contributed by atoms with van der Waals surface area (Å²) in [6, 6.07) is 10.7. The Balaban J connectivity index is 2.29. The van der Waals surface area contributed by atoms with Crippen LogP contribution in [0.5, 0.6) is 0 Å². The highest BCUT2D eigenvalue weighted by Crippen LogP contribution is 2.39. The lowest BCUT2D eigenvalue weighted by molar-refractivity contribution is -0.0963. The Hall–Kier alpha value is -1.37. The fourth-order valence-corrected chi connectivity index (χ4v) is 2.14. The van der Waals surface area contributed by atoms with Gasteiger partial charge < -0.3 is 10.1 Å². The fraction of sp³-hybridized carbons (Fsp3) is 0.462. The first kappa shape index (κ1) is 11.1. The molecule has 0 spiro atoms. The van der Waals surface area contributed by atoms with Gasteiger partial charge in [-0.1, -0.05) is 29.8 Å². The van der Waals surface area contributed by atoms with Crippen LogP contribution in [0.4, 0.5) is 0 Å². The molecule has 84 valence electrons. The Labute approximate surface area is 96.0 Å². The van der Waals surface area contributed by atoms with Crippen LogP contribution in [0.2, 0.25) is 0 Å². The van der Waals surface area contributed by atoms with Crippen molar-refractivity contribution in [3.05, 3.63) is 35.4 Å². The Morgan fingerprint density at radius 2 is 2.00 bits per heavy atom. The number of ether oxygens (including phenoxy) is 1. The summed E-state index contributed by atoms with van der Waals surface area (Å²) in [6.07, 6.45) is 0. The van der Waals surface area contributed by atoms with Gasteiger partial charge in [0.25, 0.3) is 0 Å². The van der Waals surface area contributed by atoms with Crippen molar-refractivity contribution in [2.45, 2.75) is 13.0 Å². The summed E-state index contributed by atoms with van der Waals surface area (Å²) in [5.41, 5.74) is 1.98. The summed E-state index contributed by atoms with van der Waals surface area (Å²) < 4.78 is 5.19. The second-order valence-electron chi connectivity index (χ2n) is 4.39. The molecule has 1 aliphatic rings. The third kappa shape index (κ3) is 1.71. The van der Waals surface area contributed by atoms with Gasteiger partial charge in [-0.05, 0) is 19.5 Å². The summed E-state index contributed by atoms with van der Waals surface area (Å²) in [6.45, 7) is 3.09. The van der Waals surface area contributed by atoms with E-state index in [9.17, 15) is 5.26 Å². The highest BCUT2D eigenvalue weighted by Gasteiger charge is 2.46. The molecule has 1 heterocycles. The predicted molar refractivity (Wildman–Crippen MR) is 61.8 cm³/mol. The number of nitrogens with zero attached hydrogens (tertiary/aromatic N) is 1. The Bertz CT molecular complexity index is 401. The third-order valence-corrected chi connectivity index (χ3v) is 3.19. The van der Waals surface area contributed by atoms with E-state index in [2.05, 4.69) is 42.6 Å². The van der Waals surface area contributed by atoms with Crippen LogP contribution in [0.15, 0.2) is 24.3 Å². The van der Waals surface area contributed by atoms with Gasteiger partial charge in [0.05, 0.1) is 25.3 Å². The highest BCUT2D eigenvalue weighted by atomic mass is 16.5. The topological polar surface area (TPSA) is 45.0 Å². The first-order valence-corrected chi connectivity index (χ1v) is 5.45. The Morgan fingerprint density at radius 1 is 1.38 bits per heavy atom. The van der Waals surface area contributed by atoms with Gasteiger partial charge in [0.15, 0.2) is 0 Å². The van der Waals surface area contributed by atoms with Crippen molar-refractivity contribution >= 4 is 0 Å². The number of rotatable bonds is 3. The van der Waals surface area contributed by atoms with E-state index in [4.69, 9.17) is 4.74 Å². The second kappa shape index (κ2) is 4.25. The SMILES string of the molecule is CNC(c1ccc(C)cc1)C1(C#N)COC1. The maximum Gasteiger partial charge on any atom is 0.123 e. The summed E-state index contributed by atoms with van der Waals surface area (Å²) in [5.74, 6) is 0. The molecule has 1 unspecified atom stereocenters. The molecule has 3 heteroatoms. The number of nitriles is 1. The lowest BCUT2D eigenvalue weighted by atomic mass is 9.76. The molecular weight excluding hydrogens is 200 g/mol. The third-order valence-electron chi connectivity index (χ3n) is 3.19. The average molecular weight is 216 g/mol. The Kier molecular flexibility index (Phi) is 2.95. The maximum atomic E-state index is 9.28. The standard InChI is InChI=1S/C13H16N2O/c1-10-3-5-11(6-4-10)12(15-2)13(7-14)8-16-9-13/h3-6,12,15H,8-9H2,1-2H3. The van der Waals surface area contributed by atoms with Gasteiger partial charge in [-0.25, -0.2) is 0 Å². The Morgan fingerprint density at radius 3 is 2.38 bits per heavy atom. The number of hydrogen-bond acceptors (Lipinski definition) is 3. The van der Waals surface area contributed by atoms with Gasteiger partial charge in [0.2, 0.25) is 0 Å². The maximum absolute atomic E-state index is 9.28. The molecule has 0 amide bonds. The van der Waals surface area contributed by atoms with Crippen LogP contribution < -0.4 is 5.32 Å². The minimum absolute atomic E-state index is 0.0480. The number of nitrogens with one attached hydrogen (secondary N) is 1. The first-order valence-electron chi connectivity index (χ1n) is 5.45. The zero-order valence-corrected chi connectivity index (χ0v) is 9.66. The molecule has 1 atom stereocenters. The van der Waals surface area contributed by atoms with E-state index in [0.29, 0.717) is 13.2 Å². The molecule has 0 aromatic heterocycles. The van der Waals surface area contributed by atoms with E-state index in [1.165, 1.54) is 5.56 Å². The van der Waals surface area contributed by atoms with E-state index in [1.54, 1.807) is 0 Å². The smallest absolute Gasteiger partial charge is 0.123 e. The predicted octanol–water partition coefficient (Wildman–Crippen LogP) is 1.80. The van der Waals surface area contributed by atoms with Crippen molar-refractivity contribution in [3.63, 3.8) is 0 Å². The molecule has 0 saturated carbocycles. The molecule has 1 aromatic carbocycles. The average Bonchev–Trinajstić information content (AvgIpc) is 2.25. The molecule has 0 bridgehead atoms. The zero-order valence-electron chi connectivity index (χ0n) is 9.66. The molecule has 3 nitrogen and oxygen atoms in total. The summed E-state index contributed by atoms with van der Waals surface area (Å²) >= 11 is 0. The van der Waals surface area contributed by atoms with E-state index >= 15 is 0 Å². The van der Waals surface area contributed by atoms with Crippen LogP contribution in [0.1, 0.15) is 17.2 Å². The van der Waals surface area contributed by atoms with Crippen molar-refractivity contribution in [2.75, 3.05) is 20.3 Å². The van der Waals surface area contributed by atoms with Crippen molar-refractivity contribution in [1.29, 1.82) is 5.26 Å². The summed E-state index contributed by atoms with van der Waals surface area (Å²) in [7, 11) is 1.89. The summed E-state index contributed by atoms with van der Waals surface area (Å²) in [5, 5.41) is 12.5. The van der Waals surface area contributed by atoms with E-state index < -0.39 is 5.41 Å². The normalized spacial score (nSPS) is 19.6. The second-order valence-corrected chi connectivity index (χ2v) is 4.39. The van der Waals surface area contributed by atoms with Gasteiger partial charge >= 0.3 is 0 Å². The largest absolute Gasteiger partial charge is 0.378 e. The van der Waals surface area contributed by atoms with Gasteiger partial charge in [0, 0.05) is 0 Å². The molecule has 0 radical (unpaired) electrons. The first-order chi connectivity index (χ1) is 7.72. The summed E-state index contributed by atoms with van der Waals surface area (Å²) in [4.78, 5) is 0. The van der Waals surface area contributed by atoms with Crippen LogP contribution in [0.3, 0.4) is 0 Å². The minimum Gasteiger partial charge on any atom is -0.378 e. The van der Waals surface area contributed by atoms with Gasteiger partial charge in [-0.2, -0.15) is 5.26 Å².